The topological polar surface area (TPSA) is 34.0 Å². The van der Waals surface area contributed by atoms with Crippen molar-refractivity contribution < 1.29 is 0 Å². The molecule has 0 N–H and O–H groups in total. The van der Waals surface area contributed by atoms with Crippen molar-refractivity contribution in [3.05, 3.63) is 36.3 Å². The first-order chi connectivity index (χ1) is 9.15. The van der Waals surface area contributed by atoms with Crippen molar-refractivity contribution in [1.29, 1.82) is 0 Å². The second-order valence-electron chi connectivity index (χ2n) is 5.57. The number of aromatic nitrogens is 3. The SMILES string of the molecule is CC1CN(Cc2cn(C)nc2-c2cccnc2)C1C. The molecule has 0 aliphatic carbocycles. The van der Waals surface area contributed by atoms with Crippen LogP contribution in [0.3, 0.4) is 0 Å². The molecule has 0 aromatic carbocycles. The van der Waals surface area contributed by atoms with E-state index in [0.29, 0.717) is 6.04 Å². The van der Waals surface area contributed by atoms with Crippen LogP contribution in [0.1, 0.15) is 19.4 Å². The number of nitrogens with zero attached hydrogens (tertiary/aromatic N) is 4. The summed E-state index contributed by atoms with van der Waals surface area (Å²) in [6.07, 6.45) is 5.80. The molecule has 1 aliphatic rings. The molecule has 4 nitrogen and oxygen atoms in total. The Morgan fingerprint density at radius 1 is 1.37 bits per heavy atom. The van der Waals surface area contributed by atoms with Crippen molar-refractivity contribution in [3.8, 4) is 11.3 Å². The van der Waals surface area contributed by atoms with Gasteiger partial charge in [-0.3, -0.25) is 14.6 Å². The van der Waals surface area contributed by atoms with E-state index in [9.17, 15) is 0 Å². The van der Waals surface area contributed by atoms with Crippen molar-refractivity contribution in [3.63, 3.8) is 0 Å². The summed E-state index contributed by atoms with van der Waals surface area (Å²) >= 11 is 0. The average Bonchev–Trinajstić information content (AvgIpc) is 2.80. The molecule has 3 heterocycles. The third-order valence-electron chi connectivity index (χ3n) is 4.13. The van der Waals surface area contributed by atoms with Crippen LogP contribution >= 0.6 is 0 Å². The number of hydrogen-bond acceptors (Lipinski definition) is 3. The van der Waals surface area contributed by atoms with Crippen LogP contribution in [-0.4, -0.2) is 32.3 Å². The summed E-state index contributed by atoms with van der Waals surface area (Å²) in [6.45, 7) is 6.77. The first kappa shape index (κ1) is 12.4. The van der Waals surface area contributed by atoms with Gasteiger partial charge in [0.05, 0.1) is 5.69 Å². The van der Waals surface area contributed by atoms with E-state index in [1.54, 1.807) is 6.20 Å². The van der Waals surface area contributed by atoms with Gasteiger partial charge in [-0.15, -0.1) is 0 Å². The summed E-state index contributed by atoms with van der Waals surface area (Å²) in [5.74, 6) is 0.804. The van der Waals surface area contributed by atoms with Gasteiger partial charge in [-0.1, -0.05) is 6.92 Å². The fourth-order valence-electron chi connectivity index (χ4n) is 2.74. The van der Waals surface area contributed by atoms with Crippen LogP contribution in [0.25, 0.3) is 11.3 Å². The van der Waals surface area contributed by atoms with Crippen molar-refractivity contribution in [2.45, 2.75) is 26.4 Å². The molecule has 2 aromatic heterocycles. The fraction of sp³-hybridized carbons (Fsp3) is 0.467. The Morgan fingerprint density at radius 3 is 2.84 bits per heavy atom. The van der Waals surface area contributed by atoms with E-state index in [1.807, 2.05) is 24.0 Å². The molecule has 0 spiro atoms. The van der Waals surface area contributed by atoms with Crippen molar-refractivity contribution in [2.75, 3.05) is 6.54 Å². The molecule has 1 aliphatic heterocycles. The van der Waals surface area contributed by atoms with Crippen LogP contribution in [0.2, 0.25) is 0 Å². The Morgan fingerprint density at radius 2 is 2.21 bits per heavy atom. The molecule has 1 fully saturated rings. The smallest absolute Gasteiger partial charge is 0.0983 e. The van der Waals surface area contributed by atoms with Gasteiger partial charge in [-0.05, 0) is 25.0 Å². The molecular formula is C15H20N4. The lowest BCUT2D eigenvalue weighted by Crippen LogP contribution is -2.52. The van der Waals surface area contributed by atoms with Crippen LogP contribution in [0, 0.1) is 5.92 Å². The van der Waals surface area contributed by atoms with E-state index in [2.05, 4.69) is 41.1 Å². The van der Waals surface area contributed by atoms with Gasteiger partial charge in [0.1, 0.15) is 0 Å². The van der Waals surface area contributed by atoms with Crippen molar-refractivity contribution in [1.82, 2.24) is 19.7 Å². The quantitative estimate of drug-likeness (QED) is 0.845. The summed E-state index contributed by atoms with van der Waals surface area (Å²) in [5.41, 5.74) is 3.44. The third-order valence-corrected chi connectivity index (χ3v) is 4.13. The standard InChI is InChI=1S/C15H20N4/c1-11-8-19(12(11)2)10-14-9-18(3)17-15(14)13-5-4-6-16-7-13/h4-7,9,11-12H,8,10H2,1-3H3. The van der Waals surface area contributed by atoms with Gasteiger partial charge < -0.3 is 0 Å². The molecular weight excluding hydrogens is 236 g/mol. The largest absolute Gasteiger partial charge is 0.296 e. The number of aryl methyl sites for hydroxylation is 1. The van der Waals surface area contributed by atoms with E-state index in [0.717, 1.165) is 23.7 Å². The maximum atomic E-state index is 4.59. The summed E-state index contributed by atoms with van der Waals surface area (Å²) in [6, 6.07) is 4.70. The van der Waals surface area contributed by atoms with Gasteiger partial charge in [-0.25, -0.2) is 0 Å². The molecule has 0 bridgehead atoms. The van der Waals surface area contributed by atoms with Crippen LogP contribution in [0.4, 0.5) is 0 Å². The highest BCUT2D eigenvalue weighted by Crippen LogP contribution is 2.29. The summed E-state index contributed by atoms with van der Waals surface area (Å²) in [4.78, 5) is 6.69. The minimum atomic E-state index is 0.668. The summed E-state index contributed by atoms with van der Waals surface area (Å²) < 4.78 is 1.89. The number of likely N-dealkylation sites (tertiary alicyclic amines) is 1. The maximum Gasteiger partial charge on any atom is 0.0983 e. The van der Waals surface area contributed by atoms with Gasteiger partial charge in [0, 0.05) is 55.9 Å². The van der Waals surface area contributed by atoms with Crippen LogP contribution in [0.5, 0.6) is 0 Å². The molecule has 0 saturated carbocycles. The minimum absolute atomic E-state index is 0.668. The molecule has 2 aromatic rings. The van der Waals surface area contributed by atoms with Crippen LogP contribution in [-0.2, 0) is 13.6 Å². The molecule has 2 atom stereocenters. The van der Waals surface area contributed by atoms with E-state index in [-0.39, 0.29) is 0 Å². The lowest BCUT2D eigenvalue weighted by atomic mass is 9.91. The van der Waals surface area contributed by atoms with Gasteiger partial charge in [0.15, 0.2) is 0 Å². The predicted molar refractivity (Wildman–Crippen MR) is 75.5 cm³/mol. The first-order valence-electron chi connectivity index (χ1n) is 6.82. The van der Waals surface area contributed by atoms with Crippen molar-refractivity contribution >= 4 is 0 Å². The van der Waals surface area contributed by atoms with Crippen molar-refractivity contribution in [2.24, 2.45) is 13.0 Å². The Kier molecular flexibility index (Phi) is 3.11. The number of rotatable bonds is 3. The Bertz CT molecular complexity index is 561. The van der Waals surface area contributed by atoms with E-state index >= 15 is 0 Å². The fourth-order valence-corrected chi connectivity index (χ4v) is 2.74. The summed E-state index contributed by atoms with van der Waals surface area (Å²) in [7, 11) is 1.98. The van der Waals surface area contributed by atoms with Gasteiger partial charge in [-0.2, -0.15) is 5.10 Å². The Hall–Kier alpha value is -1.68. The van der Waals surface area contributed by atoms with E-state index < -0.39 is 0 Å². The normalized spacial score (nSPS) is 23.3. The molecule has 4 heteroatoms. The minimum Gasteiger partial charge on any atom is -0.296 e. The van der Waals surface area contributed by atoms with Crippen LogP contribution < -0.4 is 0 Å². The lowest BCUT2D eigenvalue weighted by Gasteiger charge is -2.44. The zero-order valence-electron chi connectivity index (χ0n) is 11.7. The van der Waals surface area contributed by atoms with E-state index in [4.69, 9.17) is 0 Å². The first-order valence-corrected chi connectivity index (χ1v) is 6.82. The van der Waals surface area contributed by atoms with Gasteiger partial charge >= 0.3 is 0 Å². The molecule has 3 rings (SSSR count). The second-order valence-corrected chi connectivity index (χ2v) is 5.57. The van der Waals surface area contributed by atoms with E-state index in [1.165, 1.54) is 12.1 Å². The third kappa shape index (κ3) is 2.28. The molecule has 0 radical (unpaired) electrons. The zero-order chi connectivity index (χ0) is 13.4. The van der Waals surface area contributed by atoms with Crippen LogP contribution in [0.15, 0.2) is 30.7 Å². The monoisotopic (exact) mass is 256 g/mol. The summed E-state index contributed by atoms with van der Waals surface area (Å²) in [5, 5.41) is 4.59. The highest BCUT2D eigenvalue weighted by atomic mass is 15.3. The molecule has 2 unspecified atom stereocenters. The zero-order valence-corrected chi connectivity index (χ0v) is 11.7. The Labute approximate surface area is 114 Å². The van der Waals surface area contributed by atoms with Gasteiger partial charge in [0.25, 0.3) is 0 Å². The predicted octanol–water partition coefficient (Wildman–Crippen LogP) is 2.32. The highest BCUT2D eigenvalue weighted by Gasteiger charge is 2.32. The molecule has 0 amide bonds. The number of hydrogen-bond donors (Lipinski definition) is 0. The van der Waals surface area contributed by atoms with Gasteiger partial charge in [0.2, 0.25) is 0 Å². The molecule has 1 saturated heterocycles. The maximum absolute atomic E-state index is 4.59. The highest BCUT2D eigenvalue weighted by molar-refractivity contribution is 5.61. The second kappa shape index (κ2) is 4.78. The Balaban J connectivity index is 1.86. The number of pyridine rings is 1. The average molecular weight is 256 g/mol. The molecule has 19 heavy (non-hydrogen) atoms. The lowest BCUT2D eigenvalue weighted by molar-refractivity contribution is 0.0308. The molecule has 100 valence electrons.